The first kappa shape index (κ1) is 27.0. The van der Waals surface area contributed by atoms with Gasteiger partial charge in [0.1, 0.15) is 0 Å². The molecule has 2 aromatic heterocycles. The van der Waals surface area contributed by atoms with Crippen LogP contribution >= 0.6 is 0 Å². The molecule has 5 nitrogen and oxygen atoms in total. The van der Waals surface area contributed by atoms with Gasteiger partial charge in [0.2, 0.25) is 0 Å². The van der Waals surface area contributed by atoms with Gasteiger partial charge in [-0.15, -0.1) is 36.0 Å². The minimum Gasteiger partial charge on any atom is -0.510 e. The number of benzene rings is 5. The van der Waals surface area contributed by atoms with Gasteiger partial charge in [-0.05, 0) is 36.5 Å². The van der Waals surface area contributed by atoms with E-state index >= 15 is 0 Å². The summed E-state index contributed by atoms with van der Waals surface area (Å²) in [7, 11) is 1.99. The van der Waals surface area contributed by atoms with E-state index in [4.69, 9.17) is 9.72 Å². The molecule has 8 rings (SSSR count). The van der Waals surface area contributed by atoms with E-state index in [2.05, 4.69) is 95.4 Å². The average Bonchev–Trinajstić information content (AvgIpc) is 3.67. The van der Waals surface area contributed by atoms with Crippen LogP contribution in [-0.4, -0.2) is 21.3 Å². The number of pyridine rings is 1. The fourth-order valence-corrected chi connectivity index (χ4v) is 5.67. The summed E-state index contributed by atoms with van der Waals surface area (Å²) in [5.74, 6) is 1.23. The third-order valence-electron chi connectivity index (χ3n) is 7.57. The topological polar surface area (TPSA) is 33.0 Å². The van der Waals surface area contributed by atoms with Crippen molar-refractivity contribution in [3.05, 3.63) is 146 Å². The molecule has 0 radical (unpaired) electrons. The van der Waals surface area contributed by atoms with Gasteiger partial charge in [-0.3, -0.25) is 4.98 Å². The van der Waals surface area contributed by atoms with E-state index in [9.17, 15) is 0 Å². The number of aromatic nitrogens is 2. The molecule has 1 aliphatic heterocycles. The molecule has 0 bridgehead atoms. The van der Waals surface area contributed by atoms with E-state index in [0.29, 0.717) is 11.5 Å². The summed E-state index contributed by atoms with van der Waals surface area (Å²) >= 11 is 0. The predicted octanol–water partition coefficient (Wildman–Crippen LogP) is 8.71. The number of hydrogen-bond acceptors (Lipinski definition) is 4. The summed E-state index contributed by atoms with van der Waals surface area (Å²) < 4.78 is 8.63. The van der Waals surface area contributed by atoms with Crippen LogP contribution in [-0.2, 0) is 21.1 Å². The Labute approximate surface area is 264 Å². The molecule has 0 atom stereocenters. The van der Waals surface area contributed by atoms with E-state index in [1.807, 2.05) is 72.3 Å². The standard InChI is InChI=1S/C37H25N4O.Pt/c1-39-21-22-40(25-39)28-15-10-16-29(23-28)42-30-19-20-31-32-17-8-9-18-34(32)41-36(27-13-6-3-7-14-27)35(26-11-4-2-5-12-26)38-37(41)33(31)24-30;/h2-22,25H,1H3;/q-3;. The van der Waals surface area contributed by atoms with Crippen molar-refractivity contribution in [2.45, 2.75) is 0 Å². The third kappa shape index (κ3) is 4.76. The van der Waals surface area contributed by atoms with Gasteiger partial charge < -0.3 is 18.9 Å². The van der Waals surface area contributed by atoms with Crippen molar-refractivity contribution < 1.29 is 25.8 Å². The molecule has 0 amide bonds. The molecule has 0 spiro atoms. The maximum Gasteiger partial charge on any atom is 0.0852 e. The van der Waals surface area contributed by atoms with Crippen molar-refractivity contribution in [1.82, 2.24) is 14.3 Å². The fraction of sp³-hybridized carbons (Fsp3) is 0.0270. The zero-order chi connectivity index (χ0) is 28.0. The van der Waals surface area contributed by atoms with Crippen LogP contribution in [0.5, 0.6) is 11.5 Å². The zero-order valence-electron chi connectivity index (χ0n) is 23.2. The second-order valence-electron chi connectivity index (χ2n) is 10.3. The van der Waals surface area contributed by atoms with Crippen molar-refractivity contribution in [2.24, 2.45) is 0 Å². The number of anilines is 1. The molecular weight excluding hydrogens is 712 g/mol. The van der Waals surface area contributed by atoms with Crippen molar-refractivity contribution in [3.63, 3.8) is 0 Å². The molecule has 0 N–H and O–H groups in total. The zero-order valence-corrected chi connectivity index (χ0v) is 25.5. The molecule has 6 heteroatoms. The molecule has 0 unspecified atom stereocenters. The second kappa shape index (κ2) is 11.1. The SMILES string of the molecule is CN1C=CN(c2[c-]c(Oc3[c-]c4c(cc3)c3ccccc3n3c(-c5ccccc5)c(-c5ccccc5)nc43)ccc2)[CH-]1.[Pt]. The van der Waals surface area contributed by atoms with Crippen LogP contribution in [0.25, 0.3) is 49.8 Å². The van der Waals surface area contributed by atoms with Gasteiger partial charge in [-0.1, -0.05) is 95.7 Å². The number of imidazole rings is 1. The van der Waals surface area contributed by atoms with Gasteiger partial charge in [-0.2, -0.15) is 12.7 Å². The van der Waals surface area contributed by atoms with Crippen molar-refractivity contribution >= 4 is 33.0 Å². The van der Waals surface area contributed by atoms with Gasteiger partial charge in [0.05, 0.1) is 17.0 Å². The van der Waals surface area contributed by atoms with E-state index in [1.165, 1.54) is 0 Å². The van der Waals surface area contributed by atoms with Gasteiger partial charge in [0.15, 0.2) is 0 Å². The van der Waals surface area contributed by atoms with Crippen LogP contribution in [0.3, 0.4) is 0 Å². The minimum absolute atomic E-state index is 0. The van der Waals surface area contributed by atoms with Gasteiger partial charge in [0, 0.05) is 43.6 Å². The third-order valence-corrected chi connectivity index (χ3v) is 7.57. The molecule has 3 heterocycles. The second-order valence-corrected chi connectivity index (χ2v) is 10.3. The minimum atomic E-state index is 0. The van der Waals surface area contributed by atoms with Crippen LogP contribution in [0.1, 0.15) is 0 Å². The quantitative estimate of drug-likeness (QED) is 0.131. The average molecular weight is 737 g/mol. The van der Waals surface area contributed by atoms with Crippen LogP contribution in [0, 0.1) is 18.8 Å². The largest absolute Gasteiger partial charge is 0.510 e. The number of fused-ring (bicyclic) bond motifs is 6. The predicted molar refractivity (Wildman–Crippen MR) is 169 cm³/mol. The number of para-hydroxylation sites is 1. The molecule has 0 saturated carbocycles. The molecule has 212 valence electrons. The summed E-state index contributed by atoms with van der Waals surface area (Å²) in [6, 6.07) is 46.3. The van der Waals surface area contributed by atoms with E-state index in [1.54, 1.807) is 0 Å². The number of nitrogens with zero attached hydrogens (tertiary/aromatic N) is 4. The van der Waals surface area contributed by atoms with Crippen LogP contribution in [0.15, 0.2) is 128 Å². The number of rotatable bonds is 5. The maximum atomic E-state index is 6.35. The molecule has 0 fully saturated rings. The van der Waals surface area contributed by atoms with Crippen LogP contribution < -0.4 is 9.64 Å². The Bertz CT molecular complexity index is 2120. The maximum absolute atomic E-state index is 6.35. The normalized spacial score (nSPS) is 12.8. The Kier molecular flexibility index (Phi) is 6.96. The first-order chi connectivity index (χ1) is 20.7. The first-order valence-corrected chi connectivity index (χ1v) is 13.9. The Morgan fingerprint density at radius 3 is 2.16 bits per heavy atom. The molecule has 0 saturated heterocycles. The van der Waals surface area contributed by atoms with Gasteiger partial charge in [-0.25, -0.2) is 0 Å². The summed E-state index contributed by atoms with van der Waals surface area (Å²) in [4.78, 5) is 9.30. The molecule has 7 aromatic rings. The molecular formula is C37H25N4OPt-3. The van der Waals surface area contributed by atoms with Gasteiger partial charge in [0.25, 0.3) is 0 Å². The molecule has 1 aliphatic rings. The Balaban J connectivity index is 0.00000300. The van der Waals surface area contributed by atoms with E-state index in [-0.39, 0.29) is 21.1 Å². The Morgan fingerprint density at radius 1 is 0.674 bits per heavy atom. The summed E-state index contributed by atoms with van der Waals surface area (Å²) in [5.41, 5.74) is 6.98. The van der Waals surface area contributed by atoms with Crippen LogP contribution in [0.4, 0.5) is 5.69 Å². The summed E-state index contributed by atoms with van der Waals surface area (Å²) in [6.07, 6.45) is 3.98. The smallest absolute Gasteiger partial charge is 0.0852 e. The monoisotopic (exact) mass is 736 g/mol. The van der Waals surface area contributed by atoms with Crippen molar-refractivity contribution in [1.29, 1.82) is 0 Å². The van der Waals surface area contributed by atoms with Gasteiger partial charge >= 0.3 is 0 Å². The number of hydrogen-bond donors (Lipinski definition) is 0. The first-order valence-electron chi connectivity index (χ1n) is 13.9. The van der Waals surface area contributed by atoms with E-state index < -0.39 is 0 Å². The molecule has 0 aliphatic carbocycles. The van der Waals surface area contributed by atoms with Crippen LogP contribution in [0.2, 0.25) is 0 Å². The summed E-state index contributed by atoms with van der Waals surface area (Å²) in [6.45, 7) is 1.99. The van der Waals surface area contributed by atoms with Crippen molar-refractivity contribution in [3.8, 4) is 34.0 Å². The summed E-state index contributed by atoms with van der Waals surface area (Å²) in [5, 5.41) is 3.11. The fourth-order valence-electron chi connectivity index (χ4n) is 5.67. The molecule has 5 aromatic carbocycles. The molecule has 43 heavy (non-hydrogen) atoms. The Morgan fingerprint density at radius 2 is 1.40 bits per heavy atom. The van der Waals surface area contributed by atoms with E-state index in [0.717, 1.165) is 55.5 Å². The number of ether oxygens (including phenoxy) is 1. The Hall–Kier alpha value is -4.86. The van der Waals surface area contributed by atoms with Crippen molar-refractivity contribution in [2.75, 3.05) is 11.9 Å².